The first kappa shape index (κ1) is 19.5. The van der Waals surface area contributed by atoms with Gasteiger partial charge in [-0.25, -0.2) is 0 Å². The minimum Gasteiger partial charge on any atom is -0.492 e. The van der Waals surface area contributed by atoms with Crippen molar-refractivity contribution < 1.29 is 9.53 Å². The van der Waals surface area contributed by atoms with Crippen LogP contribution in [0, 0.1) is 0 Å². The summed E-state index contributed by atoms with van der Waals surface area (Å²) in [7, 11) is 0. The van der Waals surface area contributed by atoms with E-state index in [9.17, 15) is 4.79 Å². The number of ether oxygens (including phenoxy) is 1. The van der Waals surface area contributed by atoms with Crippen molar-refractivity contribution in [1.82, 2.24) is 5.32 Å². The first-order chi connectivity index (χ1) is 10.8. The Morgan fingerprint density at radius 1 is 1.26 bits per heavy atom. The van der Waals surface area contributed by atoms with Crippen LogP contribution in [-0.2, 0) is 0 Å². The highest BCUT2D eigenvalue weighted by Gasteiger charge is 2.17. The Balaban J connectivity index is 0.00000264. The standard InChI is InChI=1S/C17H22N2O2S.ClH/c1-2-21-14-12-15(13-8-4-3-5-9-13)22-16(14)17(20)19-11-7-6-10-18;/h3-5,8-9,12H,2,6-7,10-11,18H2,1H3,(H,19,20);1H. The third-order valence-corrected chi connectivity index (χ3v) is 4.34. The highest BCUT2D eigenvalue weighted by molar-refractivity contribution is 7.17. The Hall–Kier alpha value is -1.56. The first-order valence-corrected chi connectivity index (χ1v) is 8.38. The predicted octanol–water partition coefficient (Wildman–Crippen LogP) is 3.70. The lowest BCUT2D eigenvalue weighted by Crippen LogP contribution is -2.24. The molecule has 0 aliphatic carbocycles. The quantitative estimate of drug-likeness (QED) is 0.710. The highest BCUT2D eigenvalue weighted by atomic mass is 35.5. The third kappa shape index (κ3) is 5.53. The Bertz CT molecular complexity index is 602. The highest BCUT2D eigenvalue weighted by Crippen LogP contribution is 2.36. The van der Waals surface area contributed by atoms with Crippen LogP contribution in [0.1, 0.15) is 29.4 Å². The maximum Gasteiger partial charge on any atom is 0.265 e. The minimum absolute atomic E-state index is 0. The number of benzene rings is 1. The van der Waals surface area contributed by atoms with Gasteiger partial charge in [0.2, 0.25) is 0 Å². The van der Waals surface area contributed by atoms with Gasteiger partial charge in [0.15, 0.2) is 0 Å². The molecule has 0 saturated heterocycles. The van der Waals surface area contributed by atoms with Gasteiger partial charge in [0.1, 0.15) is 10.6 Å². The maximum absolute atomic E-state index is 12.3. The zero-order chi connectivity index (χ0) is 15.8. The second-order valence-electron chi connectivity index (χ2n) is 4.85. The van der Waals surface area contributed by atoms with Gasteiger partial charge in [0.05, 0.1) is 6.61 Å². The molecule has 2 aromatic rings. The van der Waals surface area contributed by atoms with E-state index in [-0.39, 0.29) is 18.3 Å². The summed E-state index contributed by atoms with van der Waals surface area (Å²) in [4.78, 5) is 14.0. The van der Waals surface area contributed by atoms with Crippen molar-refractivity contribution in [3.8, 4) is 16.2 Å². The van der Waals surface area contributed by atoms with Crippen LogP contribution in [0.5, 0.6) is 5.75 Å². The summed E-state index contributed by atoms with van der Waals surface area (Å²) in [5.41, 5.74) is 6.55. The lowest BCUT2D eigenvalue weighted by atomic mass is 10.2. The molecule has 0 unspecified atom stereocenters. The van der Waals surface area contributed by atoms with Crippen LogP contribution in [0.4, 0.5) is 0 Å². The van der Waals surface area contributed by atoms with Gasteiger partial charge in [-0.1, -0.05) is 30.3 Å². The Kier molecular flexibility index (Phi) is 8.69. The van der Waals surface area contributed by atoms with Crippen LogP contribution in [0.25, 0.3) is 10.4 Å². The van der Waals surface area contributed by atoms with E-state index in [4.69, 9.17) is 10.5 Å². The number of carbonyl (C=O) groups is 1. The second kappa shape index (κ2) is 10.3. The number of hydrogen-bond acceptors (Lipinski definition) is 4. The van der Waals surface area contributed by atoms with Crippen LogP contribution < -0.4 is 15.8 Å². The molecule has 1 heterocycles. The molecule has 0 spiro atoms. The van der Waals surface area contributed by atoms with E-state index in [0.29, 0.717) is 30.3 Å². The predicted molar refractivity (Wildman–Crippen MR) is 98.8 cm³/mol. The van der Waals surface area contributed by atoms with Crippen LogP contribution in [0.3, 0.4) is 0 Å². The van der Waals surface area contributed by atoms with Crippen molar-refractivity contribution in [1.29, 1.82) is 0 Å². The number of amides is 1. The van der Waals surface area contributed by atoms with Crippen molar-refractivity contribution in [2.75, 3.05) is 19.7 Å². The average molecular weight is 355 g/mol. The summed E-state index contributed by atoms with van der Waals surface area (Å²) in [5.74, 6) is 0.579. The van der Waals surface area contributed by atoms with E-state index < -0.39 is 0 Å². The smallest absolute Gasteiger partial charge is 0.265 e. The third-order valence-electron chi connectivity index (χ3n) is 3.18. The lowest BCUT2D eigenvalue weighted by molar-refractivity contribution is 0.0953. The fraction of sp³-hybridized carbons (Fsp3) is 0.353. The fourth-order valence-electron chi connectivity index (χ4n) is 2.09. The van der Waals surface area contributed by atoms with E-state index in [1.807, 2.05) is 43.3 Å². The van der Waals surface area contributed by atoms with Gasteiger partial charge in [-0.2, -0.15) is 0 Å². The zero-order valence-corrected chi connectivity index (χ0v) is 14.8. The number of carbonyl (C=O) groups excluding carboxylic acids is 1. The van der Waals surface area contributed by atoms with Gasteiger partial charge in [0, 0.05) is 11.4 Å². The van der Waals surface area contributed by atoms with Crippen LogP contribution in [0.2, 0.25) is 0 Å². The summed E-state index contributed by atoms with van der Waals surface area (Å²) in [6.07, 6.45) is 1.81. The van der Waals surface area contributed by atoms with E-state index >= 15 is 0 Å². The molecule has 0 atom stereocenters. The maximum atomic E-state index is 12.3. The molecule has 1 amide bonds. The minimum atomic E-state index is -0.0762. The number of halogens is 1. The number of hydrogen-bond donors (Lipinski definition) is 2. The molecule has 4 nitrogen and oxygen atoms in total. The molecule has 1 aromatic carbocycles. The number of thiophene rings is 1. The average Bonchev–Trinajstić information content (AvgIpc) is 2.97. The number of rotatable bonds is 8. The molecule has 126 valence electrons. The van der Waals surface area contributed by atoms with E-state index in [0.717, 1.165) is 23.3 Å². The molecule has 0 aliphatic heterocycles. The Labute approximate surface area is 147 Å². The van der Waals surface area contributed by atoms with E-state index in [2.05, 4.69) is 5.32 Å². The Morgan fingerprint density at radius 3 is 2.65 bits per heavy atom. The molecule has 0 radical (unpaired) electrons. The monoisotopic (exact) mass is 354 g/mol. The summed E-state index contributed by atoms with van der Waals surface area (Å²) < 4.78 is 5.62. The van der Waals surface area contributed by atoms with Crippen molar-refractivity contribution in [2.24, 2.45) is 5.73 Å². The fourth-order valence-corrected chi connectivity index (χ4v) is 3.11. The number of unbranched alkanes of at least 4 members (excludes halogenated alkanes) is 1. The van der Waals surface area contributed by atoms with Crippen LogP contribution >= 0.6 is 23.7 Å². The van der Waals surface area contributed by atoms with E-state index in [1.54, 1.807) is 0 Å². The van der Waals surface area contributed by atoms with Crippen molar-refractivity contribution in [3.05, 3.63) is 41.3 Å². The van der Waals surface area contributed by atoms with Gasteiger partial charge in [0.25, 0.3) is 5.91 Å². The molecule has 23 heavy (non-hydrogen) atoms. The number of nitrogens with one attached hydrogen (secondary N) is 1. The molecule has 0 fully saturated rings. The summed E-state index contributed by atoms with van der Waals surface area (Å²) >= 11 is 1.46. The van der Waals surface area contributed by atoms with Crippen molar-refractivity contribution >= 4 is 29.7 Å². The summed E-state index contributed by atoms with van der Waals surface area (Å²) in [6, 6.07) is 12.0. The molecule has 2 rings (SSSR count). The second-order valence-corrected chi connectivity index (χ2v) is 5.91. The van der Waals surface area contributed by atoms with E-state index in [1.165, 1.54) is 11.3 Å². The summed E-state index contributed by atoms with van der Waals surface area (Å²) in [6.45, 7) is 3.75. The molecule has 0 saturated carbocycles. The van der Waals surface area contributed by atoms with Gasteiger partial charge in [-0.05, 0) is 37.9 Å². The molecular weight excluding hydrogens is 332 g/mol. The van der Waals surface area contributed by atoms with Crippen molar-refractivity contribution in [3.63, 3.8) is 0 Å². The van der Waals surface area contributed by atoms with Gasteiger partial charge < -0.3 is 15.8 Å². The zero-order valence-electron chi connectivity index (χ0n) is 13.2. The molecule has 3 N–H and O–H groups in total. The Morgan fingerprint density at radius 2 is 2.00 bits per heavy atom. The molecule has 1 aromatic heterocycles. The normalized spacial score (nSPS) is 10.0. The topological polar surface area (TPSA) is 64.3 Å². The van der Waals surface area contributed by atoms with Gasteiger partial charge in [-0.3, -0.25) is 4.79 Å². The molecule has 6 heteroatoms. The summed E-state index contributed by atoms with van der Waals surface area (Å²) in [5, 5.41) is 2.93. The van der Waals surface area contributed by atoms with Crippen molar-refractivity contribution in [2.45, 2.75) is 19.8 Å². The SMILES string of the molecule is CCOc1cc(-c2ccccc2)sc1C(=O)NCCCCN.Cl. The van der Waals surface area contributed by atoms with Crippen LogP contribution in [-0.4, -0.2) is 25.6 Å². The van der Waals surface area contributed by atoms with Gasteiger partial charge in [-0.15, -0.1) is 23.7 Å². The number of nitrogens with two attached hydrogens (primary N) is 1. The molecular formula is C17H23ClN2O2S. The van der Waals surface area contributed by atoms with Crippen LogP contribution in [0.15, 0.2) is 36.4 Å². The largest absolute Gasteiger partial charge is 0.492 e. The first-order valence-electron chi connectivity index (χ1n) is 7.56. The van der Waals surface area contributed by atoms with Gasteiger partial charge >= 0.3 is 0 Å². The lowest BCUT2D eigenvalue weighted by Gasteiger charge is -2.05. The molecule has 0 aliphatic rings. The molecule has 0 bridgehead atoms.